The Bertz CT molecular complexity index is 361. The SMILES string of the molecule is CC(F)(F)C(=O)Cc1c(F)cccc1F. The number of hydrogen-bond donors (Lipinski definition) is 0. The highest BCUT2D eigenvalue weighted by atomic mass is 19.3. The van der Waals surface area contributed by atoms with E-state index in [9.17, 15) is 22.4 Å². The average Bonchev–Trinajstić information content (AvgIpc) is 2.09. The fourth-order valence-corrected chi connectivity index (χ4v) is 1.02. The van der Waals surface area contributed by atoms with Crippen molar-refractivity contribution in [2.75, 3.05) is 0 Å². The number of alkyl halides is 2. The van der Waals surface area contributed by atoms with Crippen molar-refractivity contribution in [3.05, 3.63) is 35.4 Å². The van der Waals surface area contributed by atoms with E-state index in [2.05, 4.69) is 0 Å². The molecule has 0 N–H and O–H groups in total. The quantitative estimate of drug-likeness (QED) is 0.716. The lowest BCUT2D eigenvalue weighted by Gasteiger charge is -2.09. The van der Waals surface area contributed by atoms with Crippen LogP contribution in [0, 0.1) is 11.6 Å². The van der Waals surface area contributed by atoms with Gasteiger partial charge in [0.05, 0.1) is 0 Å². The molecule has 0 atom stereocenters. The molecule has 0 fully saturated rings. The van der Waals surface area contributed by atoms with E-state index in [-0.39, 0.29) is 0 Å². The molecule has 0 saturated carbocycles. The van der Waals surface area contributed by atoms with Crippen LogP contribution in [-0.4, -0.2) is 11.7 Å². The van der Waals surface area contributed by atoms with Gasteiger partial charge in [-0.3, -0.25) is 4.79 Å². The fourth-order valence-electron chi connectivity index (χ4n) is 1.02. The second kappa shape index (κ2) is 4.00. The molecule has 1 aromatic rings. The summed E-state index contributed by atoms with van der Waals surface area (Å²) < 4.78 is 50.9. The van der Waals surface area contributed by atoms with Crippen LogP contribution in [0.5, 0.6) is 0 Å². The van der Waals surface area contributed by atoms with Crippen LogP contribution in [0.15, 0.2) is 18.2 Å². The van der Waals surface area contributed by atoms with Crippen molar-refractivity contribution in [3.8, 4) is 0 Å². The van der Waals surface area contributed by atoms with Gasteiger partial charge < -0.3 is 0 Å². The van der Waals surface area contributed by atoms with Crippen molar-refractivity contribution < 1.29 is 22.4 Å². The molecular formula is C10H8F4O. The lowest BCUT2D eigenvalue weighted by atomic mass is 10.0. The third kappa shape index (κ3) is 2.78. The molecule has 5 heteroatoms. The first-order chi connectivity index (χ1) is 6.82. The maximum absolute atomic E-state index is 13.0. The first-order valence-electron chi connectivity index (χ1n) is 4.16. The highest BCUT2D eigenvalue weighted by molar-refractivity contribution is 5.87. The topological polar surface area (TPSA) is 17.1 Å². The third-order valence-corrected chi connectivity index (χ3v) is 1.89. The van der Waals surface area contributed by atoms with Gasteiger partial charge in [-0.05, 0) is 12.1 Å². The molecule has 0 amide bonds. The molecule has 0 aliphatic rings. The number of benzene rings is 1. The minimum Gasteiger partial charge on any atom is -0.293 e. The maximum Gasteiger partial charge on any atom is 0.302 e. The summed E-state index contributed by atoms with van der Waals surface area (Å²) in [7, 11) is 0. The van der Waals surface area contributed by atoms with Gasteiger partial charge >= 0.3 is 5.92 Å². The number of carbonyl (C=O) groups excluding carboxylic acids is 1. The minimum absolute atomic E-state index is 0.397. The molecule has 1 rings (SSSR count). The lowest BCUT2D eigenvalue weighted by molar-refractivity contribution is -0.139. The van der Waals surface area contributed by atoms with Crippen molar-refractivity contribution in [3.63, 3.8) is 0 Å². The molecule has 1 nitrogen and oxygen atoms in total. The van der Waals surface area contributed by atoms with Crippen LogP contribution in [0.25, 0.3) is 0 Å². The van der Waals surface area contributed by atoms with E-state index in [4.69, 9.17) is 0 Å². The summed E-state index contributed by atoms with van der Waals surface area (Å²) in [5, 5.41) is 0. The summed E-state index contributed by atoms with van der Waals surface area (Å²) in [6, 6.07) is 2.93. The number of halogens is 4. The molecule has 0 bridgehead atoms. The number of rotatable bonds is 3. The standard InChI is InChI=1S/C10H8F4O/c1-10(13,14)9(15)5-6-7(11)3-2-4-8(6)12/h2-4H,5H2,1H3. The predicted molar refractivity (Wildman–Crippen MR) is 45.7 cm³/mol. The van der Waals surface area contributed by atoms with Gasteiger partial charge in [-0.15, -0.1) is 0 Å². The Kier molecular flexibility index (Phi) is 3.12. The molecule has 0 saturated heterocycles. The van der Waals surface area contributed by atoms with Crippen LogP contribution < -0.4 is 0 Å². The van der Waals surface area contributed by atoms with Gasteiger partial charge in [0.1, 0.15) is 11.6 Å². The Hall–Kier alpha value is -1.39. The molecule has 0 spiro atoms. The zero-order chi connectivity index (χ0) is 11.6. The van der Waals surface area contributed by atoms with E-state index in [1.54, 1.807) is 0 Å². The van der Waals surface area contributed by atoms with Gasteiger partial charge in [-0.2, -0.15) is 8.78 Å². The highest BCUT2D eigenvalue weighted by Crippen LogP contribution is 2.19. The Labute approximate surface area is 83.7 Å². The molecule has 0 aliphatic carbocycles. The van der Waals surface area contributed by atoms with Gasteiger partial charge in [-0.25, -0.2) is 8.78 Å². The lowest BCUT2D eigenvalue weighted by Crippen LogP contribution is -2.26. The molecule has 0 heterocycles. The van der Waals surface area contributed by atoms with Crippen LogP contribution in [0.4, 0.5) is 17.6 Å². The number of hydrogen-bond acceptors (Lipinski definition) is 1. The Balaban J connectivity index is 2.95. The Morgan fingerprint density at radius 3 is 2.13 bits per heavy atom. The van der Waals surface area contributed by atoms with Crippen LogP contribution in [0.2, 0.25) is 0 Å². The second-order valence-electron chi connectivity index (χ2n) is 3.19. The second-order valence-corrected chi connectivity index (χ2v) is 3.19. The smallest absolute Gasteiger partial charge is 0.293 e. The number of carbonyl (C=O) groups is 1. The summed E-state index contributed by atoms with van der Waals surface area (Å²) in [5.41, 5.74) is -0.621. The van der Waals surface area contributed by atoms with Gasteiger partial charge in [-0.1, -0.05) is 6.07 Å². The van der Waals surface area contributed by atoms with Crippen molar-refractivity contribution in [1.82, 2.24) is 0 Å². The van der Waals surface area contributed by atoms with Crippen molar-refractivity contribution in [2.24, 2.45) is 0 Å². The zero-order valence-corrected chi connectivity index (χ0v) is 7.86. The van der Waals surface area contributed by atoms with Gasteiger partial charge in [0, 0.05) is 18.9 Å². The summed E-state index contributed by atoms with van der Waals surface area (Å²) >= 11 is 0. The number of ketones is 1. The van der Waals surface area contributed by atoms with Gasteiger partial charge in [0.2, 0.25) is 5.78 Å². The average molecular weight is 220 g/mol. The summed E-state index contributed by atoms with van der Waals surface area (Å²) in [5.74, 6) is -7.07. The van der Waals surface area contributed by atoms with Gasteiger partial charge in [0.25, 0.3) is 0 Å². The van der Waals surface area contributed by atoms with Crippen molar-refractivity contribution in [1.29, 1.82) is 0 Å². The van der Waals surface area contributed by atoms with Crippen molar-refractivity contribution >= 4 is 5.78 Å². The summed E-state index contributed by atoms with van der Waals surface area (Å²) in [6.45, 7) is 0.397. The van der Waals surface area contributed by atoms with E-state index in [0.717, 1.165) is 18.2 Å². The number of Topliss-reactive ketones (excluding diaryl/α,β-unsaturated/α-hetero) is 1. The zero-order valence-electron chi connectivity index (χ0n) is 7.86. The molecule has 0 radical (unpaired) electrons. The third-order valence-electron chi connectivity index (χ3n) is 1.89. The largest absolute Gasteiger partial charge is 0.302 e. The molecule has 1 aromatic carbocycles. The van der Waals surface area contributed by atoms with Gasteiger partial charge in [0.15, 0.2) is 0 Å². The Morgan fingerprint density at radius 1 is 1.27 bits per heavy atom. The molecule has 0 aromatic heterocycles. The van der Waals surface area contributed by atoms with E-state index >= 15 is 0 Å². The van der Waals surface area contributed by atoms with Crippen molar-refractivity contribution in [2.45, 2.75) is 19.3 Å². The summed E-state index contributed by atoms with van der Waals surface area (Å²) in [6.07, 6.45) is -0.942. The monoisotopic (exact) mass is 220 g/mol. The summed E-state index contributed by atoms with van der Waals surface area (Å²) in [4.78, 5) is 10.9. The minimum atomic E-state index is -3.57. The fraction of sp³-hybridized carbons (Fsp3) is 0.300. The molecule has 82 valence electrons. The van der Waals surface area contributed by atoms with E-state index < -0.39 is 35.3 Å². The molecule has 0 unspecified atom stereocenters. The first-order valence-corrected chi connectivity index (χ1v) is 4.16. The van der Waals surface area contributed by atoms with E-state index in [0.29, 0.717) is 6.92 Å². The van der Waals surface area contributed by atoms with Crippen LogP contribution >= 0.6 is 0 Å². The molecular weight excluding hydrogens is 212 g/mol. The predicted octanol–water partition coefficient (Wildman–Crippen LogP) is 2.73. The highest BCUT2D eigenvalue weighted by Gasteiger charge is 2.32. The van der Waals surface area contributed by atoms with Crippen LogP contribution in [0.3, 0.4) is 0 Å². The first kappa shape index (κ1) is 11.7. The van der Waals surface area contributed by atoms with E-state index in [1.807, 2.05) is 0 Å². The molecule has 0 aliphatic heterocycles. The normalized spacial score (nSPS) is 11.5. The van der Waals surface area contributed by atoms with Crippen LogP contribution in [-0.2, 0) is 11.2 Å². The Morgan fingerprint density at radius 2 is 1.73 bits per heavy atom. The molecule has 15 heavy (non-hydrogen) atoms. The maximum atomic E-state index is 13.0. The van der Waals surface area contributed by atoms with E-state index in [1.165, 1.54) is 0 Å². The van der Waals surface area contributed by atoms with Crippen LogP contribution in [0.1, 0.15) is 12.5 Å².